The highest BCUT2D eigenvalue weighted by atomic mass is 16.2. The van der Waals surface area contributed by atoms with Crippen LogP contribution in [-0.2, 0) is 9.59 Å². The van der Waals surface area contributed by atoms with Crippen LogP contribution in [0.1, 0.15) is 30.1 Å². The van der Waals surface area contributed by atoms with Crippen LogP contribution in [0.2, 0.25) is 0 Å². The Morgan fingerprint density at radius 2 is 2.16 bits per heavy atom. The molecule has 6 nitrogen and oxygen atoms in total. The smallest absolute Gasteiger partial charge is 0.249 e. The Hall–Kier alpha value is -2.37. The van der Waals surface area contributed by atoms with Crippen LogP contribution < -0.4 is 16.4 Å². The van der Waals surface area contributed by atoms with Gasteiger partial charge in [-0.15, -0.1) is 0 Å². The highest BCUT2D eigenvalue weighted by Gasteiger charge is 2.26. The number of rotatable bonds is 3. The average molecular weight is 261 g/mol. The molecule has 0 spiro atoms. The molecule has 1 unspecified atom stereocenters. The van der Waals surface area contributed by atoms with Crippen molar-refractivity contribution in [2.75, 3.05) is 11.1 Å². The van der Waals surface area contributed by atoms with Crippen LogP contribution in [0.5, 0.6) is 0 Å². The molecule has 1 aliphatic rings. The summed E-state index contributed by atoms with van der Waals surface area (Å²) >= 11 is 0. The van der Waals surface area contributed by atoms with Gasteiger partial charge in [0.1, 0.15) is 6.04 Å². The van der Waals surface area contributed by atoms with Crippen LogP contribution in [0.25, 0.3) is 0 Å². The molecule has 2 amide bonds. The molecule has 0 bridgehead atoms. The second kappa shape index (κ2) is 5.09. The lowest BCUT2D eigenvalue weighted by Gasteiger charge is -2.23. The molecule has 2 rings (SSSR count). The van der Waals surface area contributed by atoms with Crippen molar-refractivity contribution in [1.82, 2.24) is 5.32 Å². The number of hydrogen-bond acceptors (Lipinski definition) is 5. The first-order valence-electron chi connectivity index (χ1n) is 5.98. The number of nitrogen functional groups attached to an aromatic ring is 1. The zero-order chi connectivity index (χ0) is 14.0. The molecule has 1 fully saturated rings. The van der Waals surface area contributed by atoms with Crippen molar-refractivity contribution in [1.29, 1.82) is 0 Å². The normalized spacial score (nSPS) is 18.9. The zero-order valence-electron chi connectivity index (χ0n) is 10.5. The molecular weight excluding hydrogens is 246 g/mol. The number of Topliss-reactive ketones (excluding diaryl/α,β-unsaturated/α-hetero) is 1. The van der Waals surface area contributed by atoms with Crippen LogP contribution in [0.15, 0.2) is 18.2 Å². The van der Waals surface area contributed by atoms with Gasteiger partial charge in [0, 0.05) is 23.4 Å². The minimum atomic E-state index is -0.458. The van der Waals surface area contributed by atoms with Gasteiger partial charge in [0.05, 0.1) is 0 Å². The van der Waals surface area contributed by atoms with Crippen LogP contribution in [0.4, 0.5) is 11.4 Å². The number of nitrogens with two attached hydrogens (primary N) is 1. The topological polar surface area (TPSA) is 101 Å². The number of carbonyl (C=O) groups excluding carboxylic acids is 3. The third-order valence-electron chi connectivity index (χ3n) is 3.01. The number of carbonyl (C=O) groups is 3. The maximum Gasteiger partial charge on any atom is 0.249 e. The molecular formula is C13H15N3O3. The van der Waals surface area contributed by atoms with E-state index in [0.29, 0.717) is 29.8 Å². The average Bonchev–Trinajstić information content (AvgIpc) is 2.32. The van der Waals surface area contributed by atoms with Crippen molar-refractivity contribution in [2.24, 2.45) is 0 Å². The summed E-state index contributed by atoms with van der Waals surface area (Å²) in [6.45, 7) is 1.44. The molecule has 0 aliphatic carbocycles. The molecule has 1 heterocycles. The van der Waals surface area contributed by atoms with E-state index in [4.69, 9.17) is 5.73 Å². The molecule has 19 heavy (non-hydrogen) atoms. The first-order chi connectivity index (χ1) is 8.97. The van der Waals surface area contributed by atoms with Gasteiger partial charge in [-0.3, -0.25) is 19.7 Å². The van der Waals surface area contributed by atoms with Crippen molar-refractivity contribution >= 4 is 29.0 Å². The predicted molar refractivity (Wildman–Crippen MR) is 70.7 cm³/mol. The fraction of sp³-hybridized carbons (Fsp3) is 0.308. The van der Waals surface area contributed by atoms with E-state index in [1.54, 1.807) is 18.2 Å². The highest BCUT2D eigenvalue weighted by Crippen LogP contribution is 2.20. The largest absolute Gasteiger partial charge is 0.398 e. The van der Waals surface area contributed by atoms with Gasteiger partial charge in [-0.1, -0.05) is 0 Å². The number of nitrogens with one attached hydrogen (secondary N) is 2. The number of ketones is 1. The molecule has 0 aromatic heterocycles. The Bertz CT molecular complexity index is 554. The van der Waals surface area contributed by atoms with Crippen molar-refractivity contribution in [3.8, 4) is 0 Å². The van der Waals surface area contributed by atoms with Crippen LogP contribution in [0.3, 0.4) is 0 Å². The monoisotopic (exact) mass is 261 g/mol. The highest BCUT2D eigenvalue weighted by molar-refractivity contribution is 6.02. The Morgan fingerprint density at radius 3 is 2.74 bits per heavy atom. The molecule has 1 atom stereocenters. The number of hydrogen-bond donors (Lipinski definition) is 3. The van der Waals surface area contributed by atoms with E-state index in [-0.39, 0.29) is 17.6 Å². The Labute approximate surface area is 110 Å². The Balaban J connectivity index is 2.11. The van der Waals surface area contributed by atoms with Gasteiger partial charge in [-0.2, -0.15) is 0 Å². The van der Waals surface area contributed by atoms with Crippen molar-refractivity contribution in [2.45, 2.75) is 25.8 Å². The second-order valence-corrected chi connectivity index (χ2v) is 4.51. The van der Waals surface area contributed by atoms with Crippen molar-refractivity contribution in [3.63, 3.8) is 0 Å². The zero-order valence-corrected chi connectivity index (χ0v) is 10.5. The van der Waals surface area contributed by atoms with Crippen LogP contribution in [0, 0.1) is 0 Å². The van der Waals surface area contributed by atoms with E-state index in [1.807, 2.05) is 0 Å². The number of anilines is 2. The summed E-state index contributed by atoms with van der Waals surface area (Å²) in [5.74, 6) is -0.704. The lowest BCUT2D eigenvalue weighted by molar-refractivity contribution is -0.133. The van der Waals surface area contributed by atoms with Gasteiger partial charge in [0.15, 0.2) is 5.78 Å². The third-order valence-corrected chi connectivity index (χ3v) is 3.01. The Morgan fingerprint density at radius 1 is 1.42 bits per heavy atom. The van der Waals surface area contributed by atoms with Gasteiger partial charge in [-0.25, -0.2) is 0 Å². The SMILES string of the molecule is CC(=O)c1ccc(NC2CCC(=O)NC2=O)cc1N. The van der Waals surface area contributed by atoms with Crippen molar-refractivity contribution < 1.29 is 14.4 Å². The fourth-order valence-corrected chi connectivity index (χ4v) is 2.01. The summed E-state index contributed by atoms with van der Waals surface area (Å²) in [5.41, 5.74) is 7.24. The quantitative estimate of drug-likeness (QED) is 0.422. The van der Waals surface area contributed by atoms with Crippen molar-refractivity contribution in [3.05, 3.63) is 23.8 Å². The first-order valence-corrected chi connectivity index (χ1v) is 5.98. The molecule has 1 saturated heterocycles. The molecule has 100 valence electrons. The molecule has 1 aromatic rings. The van der Waals surface area contributed by atoms with Gasteiger partial charge in [-0.05, 0) is 31.5 Å². The predicted octanol–water partition coefficient (Wildman–Crippen LogP) is 0.688. The lowest BCUT2D eigenvalue weighted by atomic mass is 10.0. The number of imide groups is 1. The van der Waals surface area contributed by atoms with Crippen LogP contribution >= 0.6 is 0 Å². The molecule has 1 aromatic carbocycles. The lowest BCUT2D eigenvalue weighted by Crippen LogP contribution is -2.47. The van der Waals surface area contributed by atoms with E-state index < -0.39 is 6.04 Å². The van der Waals surface area contributed by atoms with E-state index in [2.05, 4.69) is 10.6 Å². The number of benzene rings is 1. The minimum absolute atomic E-state index is 0.106. The molecule has 4 N–H and O–H groups in total. The minimum Gasteiger partial charge on any atom is -0.398 e. The summed E-state index contributed by atoms with van der Waals surface area (Å²) < 4.78 is 0. The van der Waals surface area contributed by atoms with E-state index >= 15 is 0 Å². The van der Waals surface area contributed by atoms with E-state index in [0.717, 1.165) is 0 Å². The van der Waals surface area contributed by atoms with Gasteiger partial charge in [0.2, 0.25) is 11.8 Å². The second-order valence-electron chi connectivity index (χ2n) is 4.51. The number of amides is 2. The van der Waals surface area contributed by atoms with Crippen LogP contribution in [-0.4, -0.2) is 23.6 Å². The van der Waals surface area contributed by atoms with E-state index in [9.17, 15) is 14.4 Å². The third kappa shape index (κ3) is 2.90. The standard InChI is InChI=1S/C13H15N3O3/c1-7(17)9-3-2-8(6-10(9)14)15-11-4-5-12(18)16-13(11)19/h2-3,6,11,15H,4-5,14H2,1H3,(H,16,18,19). The van der Waals surface area contributed by atoms with Gasteiger partial charge >= 0.3 is 0 Å². The first kappa shape index (κ1) is 13.1. The van der Waals surface area contributed by atoms with E-state index in [1.165, 1.54) is 6.92 Å². The van der Waals surface area contributed by atoms with Gasteiger partial charge in [0.25, 0.3) is 0 Å². The molecule has 0 saturated carbocycles. The number of piperidine rings is 1. The summed E-state index contributed by atoms with van der Waals surface area (Å²) in [5, 5.41) is 5.27. The summed E-state index contributed by atoms with van der Waals surface area (Å²) in [4.78, 5) is 33.9. The molecule has 1 aliphatic heterocycles. The summed E-state index contributed by atoms with van der Waals surface area (Å²) in [6.07, 6.45) is 0.753. The summed E-state index contributed by atoms with van der Waals surface area (Å²) in [7, 11) is 0. The van der Waals surface area contributed by atoms with Gasteiger partial charge < -0.3 is 11.1 Å². The fourth-order valence-electron chi connectivity index (χ4n) is 2.01. The maximum atomic E-state index is 11.6. The Kier molecular flexibility index (Phi) is 3.50. The molecule has 6 heteroatoms. The summed E-state index contributed by atoms with van der Waals surface area (Å²) in [6, 6.07) is 4.46. The molecule has 0 radical (unpaired) electrons. The maximum absolute atomic E-state index is 11.6.